The van der Waals surface area contributed by atoms with E-state index >= 15 is 0 Å². The topological polar surface area (TPSA) is 82.1 Å². The third-order valence-electron chi connectivity index (χ3n) is 2.45. The average Bonchev–Trinajstić information content (AvgIpc) is 2.35. The first-order chi connectivity index (χ1) is 10.5. The summed E-state index contributed by atoms with van der Waals surface area (Å²) in [5.41, 5.74) is 0.816. The van der Waals surface area contributed by atoms with Crippen molar-refractivity contribution in [1.29, 1.82) is 0 Å². The van der Waals surface area contributed by atoms with Gasteiger partial charge in [-0.1, -0.05) is 24.3 Å². The third-order valence-corrected chi connectivity index (χ3v) is 2.90. The van der Waals surface area contributed by atoms with Gasteiger partial charge in [-0.25, -0.2) is 4.79 Å². The van der Waals surface area contributed by atoms with E-state index in [4.69, 9.17) is 13.8 Å². The minimum atomic E-state index is -3.86. The highest BCUT2D eigenvalue weighted by molar-refractivity contribution is 7.85. The number of methoxy groups -OCH3 is 1. The molecule has 0 atom stereocenters. The largest absolute Gasteiger partial charge is 0.442 e. The van der Waals surface area contributed by atoms with Gasteiger partial charge >= 0.3 is 6.09 Å². The third kappa shape index (κ3) is 7.96. The fourth-order valence-electron chi connectivity index (χ4n) is 1.75. The van der Waals surface area contributed by atoms with Crippen molar-refractivity contribution in [1.82, 2.24) is 5.06 Å². The van der Waals surface area contributed by atoms with Crippen molar-refractivity contribution in [2.45, 2.75) is 39.5 Å². The molecule has 0 N–H and O–H groups in total. The molecule has 0 heterocycles. The first kappa shape index (κ1) is 19.4. The van der Waals surface area contributed by atoms with Crippen molar-refractivity contribution in [3.8, 4) is 0 Å². The van der Waals surface area contributed by atoms with Crippen molar-refractivity contribution in [2.24, 2.45) is 0 Å². The van der Waals surface area contributed by atoms with Gasteiger partial charge in [0.15, 0.2) is 0 Å². The lowest BCUT2D eigenvalue weighted by Crippen LogP contribution is -2.37. The van der Waals surface area contributed by atoms with Crippen LogP contribution in [0, 0.1) is 0 Å². The quantitative estimate of drug-likeness (QED) is 0.737. The molecule has 1 aromatic carbocycles. The zero-order valence-corrected chi connectivity index (χ0v) is 14.8. The van der Waals surface area contributed by atoms with Crippen LogP contribution in [0.5, 0.6) is 0 Å². The first-order valence-electron chi connectivity index (χ1n) is 6.97. The van der Waals surface area contributed by atoms with E-state index in [0.717, 1.165) is 11.8 Å². The fourth-order valence-corrected chi connectivity index (χ4v) is 2.19. The molecule has 0 spiro atoms. The summed E-state index contributed by atoms with van der Waals surface area (Å²) in [6.45, 7) is 5.39. The van der Waals surface area contributed by atoms with Crippen LogP contribution in [0.1, 0.15) is 31.9 Å². The molecule has 7 nitrogen and oxygen atoms in total. The van der Waals surface area contributed by atoms with E-state index in [2.05, 4.69) is 0 Å². The Balaban J connectivity index is 2.96. The predicted molar refractivity (Wildman–Crippen MR) is 84.9 cm³/mol. The van der Waals surface area contributed by atoms with Crippen molar-refractivity contribution in [3.63, 3.8) is 0 Å². The van der Waals surface area contributed by atoms with E-state index in [9.17, 15) is 13.2 Å². The number of hydrogen-bond acceptors (Lipinski definition) is 6. The van der Waals surface area contributed by atoms with Gasteiger partial charge in [-0.3, -0.25) is 0 Å². The van der Waals surface area contributed by atoms with E-state index in [1.807, 2.05) is 6.07 Å². The van der Waals surface area contributed by atoms with Crippen molar-refractivity contribution in [3.05, 3.63) is 35.4 Å². The Kier molecular flexibility index (Phi) is 6.55. The molecule has 0 aliphatic heterocycles. The molecule has 0 fully saturated rings. The Morgan fingerprint density at radius 3 is 2.35 bits per heavy atom. The molecule has 0 saturated carbocycles. The predicted octanol–water partition coefficient (Wildman–Crippen LogP) is 2.46. The summed E-state index contributed by atoms with van der Waals surface area (Å²) in [6.07, 6.45) is -0.00816. The number of hydrogen-bond donors (Lipinski definition) is 0. The van der Waals surface area contributed by atoms with Crippen LogP contribution in [0.15, 0.2) is 24.3 Å². The molecule has 1 amide bonds. The molecule has 0 aromatic heterocycles. The molecule has 0 radical (unpaired) electrons. The maximum Gasteiger partial charge on any atom is 0.435 e. The Morgan fingerprint density at radius 2 is 1.83 bits per heavy atom. The molecule has 1 rings (SSSR count). The lowest BCUT2D eigenvalue weighted by Gasteiger charge is -2.25. The van der Waals surface area contributed by atoms with Gasteiger partial charge < -0.3 is 9.47 Å². The number of nitrogens with zero attached hydrogens (tertiary/aromatic N) is 1. The van der Waals surface area contributed by atoms with E-state index in [0.29, 0.717) is 17.2 Å². The van der Waals surface area contributed by atoms with E-state index in [1.165, 1.54) is 0 Å². The highest BCUT2D eigenvalue weighted by atomic mass is 32.2. The van der Waals surface area contributed by atoms with Gasteiger partial charge in [-0.05, 0) is 31.9 Å². The highest BCUT2D eigenvalue weighted by Crippen LogP contribution is 2.15. The van der Waals surface area contributed by atoms with Crippen LogP contribution in [0.3, 0.4) is 0 Å². The van der Waals surface area contributed by atoms with E-state index < -0.39 is 21.8 Å². The summed E-state index contributed by atoms with van der Waals surface area (Å²) in [6, 6.07) is 7.20. The molecule has 0 bridgehead atoms. The van der Waals surface area contributed by atoms with Crippen molar-refractivity contribution in [2.75, 3.05) is 13.4 Å². The molecule has 0 aliphatic carbocycles. The van der Waals surface area contributed by atoms with Crippen LogP contribution < -0.4 is 0 Å². The monoisotopic (exact) mass is 345 g/mol. The maximum absolute atomic E-state index is 12.1. The van der Waals surface area contributed by atoms with Crippen LogP contribution >= 0.6 is 0 Å². The van der Waals surface area contributed by atoms with Crippen molar-refractivity contribution >= 4 is 16.2 Å². The van der Waals surface area contributed by atoms with Gasteiger partial charge in [0, 0.05) is 7.11 Å². The summed E-state index contributed by atoms with van der Waals surface area (Å²) in [4.78, 5) is 12.1. The fraction of sp³-hybridized carbons (Fsp3) is 0.533. The smallest absolute Gasteiger partial charge is 0.435 e. The molecular weight excluding hydrogens is 322 g/mol. The molecule has 23 heavy (non-hydrogen) atoms. The van der Waals surface area contributed by atoms with Gasteiger partial charge in [0.05, 0.1) is 19.4 Å². The van der Waals surface area contributed by atoms with Crippen LogP contribution in [0.25, 0.3) is 0 Å². The van der Waals surface area contributed by atoms with Gasteiger partial charge in [0.2, 0.25) is 0 Å². The van der Waals surface area contributed by atoms with Crippen LogP contribution in [0.4, 0.5) is 4.79 Å². The molecule has 1 aromatic rings. The maximum atomic E-state index is 12.1. The van der Waals surface area contributed by atoms with Gasteiger partial charge in [-0.15, -0.1) is 4.28 Å². The van der Waals surface area contributed by atoms with Crippen LogP contribution in [-0.2, 0) is 37.0 Å². The van der Waals surface area contributed by atoms with E-state index in [1.54, 1.807) is 46.1 Å². The summed E-state index contributed by atoms with van der Waals surface area (Å²) >= 11 is 0. The number of hydroxylamine groups is 2. The second-order valence-electron chi connectivity index (χ2n) is 6.05. The SMILES string of the molecule is COCc1cccc(CN(OS(C)(=O)=O)C(=O)OC(C)(C)C)c1. The zero-order chi connectivity index (χ0) is 17.7. The van der Waals surface area contributed by atoms with Crippen LogP contribution in [0.2, 0.25) is 0 Å². The molecule has 130 valence electrons. The normalized spacial score (nSPS) is 12.0. The summed E-state index contributed by atoms with van der Waals surface area (Å²) in [5.74, 6) is 0. The zero-order valence-electron chi connectivity index (χ0n) is 14.0. The number of ether oxygens (including phenoxy) is 2. The lowest BCUT2D eigenvalue weighted by molar-refractivity contribution is -0.0734. The van der Waals surface area contributed by atoms with Crippen LogP contribution in [-0.4, -0.2) is 38.5 Å². The molecule has 0 saturated heterocycles. The molecule has 0 unspecified atom stereocenters. The summed E-state index contributed by atoms with van der Waals surface area (Å²) < 4.78 is 37.7. The Hall–Kier alpha value is -1.64. The summed E-state index contributed by atoms with van der Waals surface area (Å²) in [7, 11) is -2.29. The number of carbonyl (C=O) groups excluding carboxylic acids is 1. The second kappa shape index (κ2) is 7.76. The summed E-state index contributed by atoms with van der Waals surface area (Å²) in [5, 5.41) is 0.687. The minimum absolute atomic E-state index is 0.0699. The average molecular weight is 345 g/mol. The van der Waals surface area contributed by atoms with Crippen molar-refractivity contribution < 1.29 is 27.0 Å². The highest BCUT2D eigenvalue weighted by Gasteiger charge is 2.26. The van der Waals surface area contributed by atoms with Gasteiger partial charge in [0.25, 0.3) is 10.1 Å². The Morgan fingerprint density at radius 1 is 1.22 bits per heavy atom. The standard InChI is InChI=1S/C15H23NO6S/c1-15(2,3)21-14(17)16(22-23(5,18)19)10-12-7-6-8-13(9-12)11-20-4/h6-9H,10-11H2,1-5H3. The molecular formula is C15H23NO6S. The van der Waals surface area contributed by atoms with Gasteiger partial charge in [0.1, 0.15) is 5.60 Å². The van der Waals surface area contributed by atoms with Gasteiger partial charge in [-0.2, -0.15) is 13.5 Å². The number of carbonyl (C=O) groups is 1. The number of benzene rings is 1. The second-order valence-corrected chi connectivity index (χ2v) is 7.61. The minimum Gasteiger partial charge on any atom is -0.442 e. The first-order valence-corrected chi connectivity index (χ1v) is 8.78. The Labute approximate surface area is 137 Å². The lowest BCUT2D eigenvalue weighted by atomic mass is 10.1. The molecule has 8 heteroatoms. The molecule has 0 aliphatic rings. The Bertz CT molecular complexity index is 636. The van der Waals surface area contributed by atoms with E-state index in [-0.39, 0.29) is 6.54 Å². The number of rotatable bonds is 6. The number of amides is 1.